The molecule has 2 N–H and O–H groups in total. The summed E-state index contributed by atoms with van der Waals surface area (Å²) < 4.78 is 0. The van der Waals surface area contributed by atoms with Gasteiger partial charge in [-0.25, -0.2) is 4.98 Å². The molecule has 0 saturated carbocycles. The molecule has 0 fully saturated rings. The van der Waals surface area contributed by atoms with E-state index in [2.05, 4.69) is 15.3 Å². The number of benzene rings is 2. The maximum absolute atomic E-state index is 12.7. The Morgan fingerprint density at radius 1 is 1.16 bits per heavy atom. The van der Waals surface area contributed by atoms with Gasteiger partial charge in [0, 0.05) is 30.1 Å². The van der Waals surface area contributed by atoms with Gasteiger partial charge in [0.15, 0.2) is 0 Å². The highest BCUT2D eigenvalue weighted by Crippen LogP contribution is 2.15. The minimum atomic E-state index is -0.260. The number of aromatic nitrogens is 2. The van der Waals surface area contributed by atoms with Gasteiger partial charge in [-0.3, -0.25) is 14.4 Å². The Labute approximate surface area is 185 Å². The van der Waals surface area contributed by atoms with E-state index in [1.165, 1.54) is 0 Å². The molecule has 7 nitrogen and oxygen atoms in total. The first-order valence-corrected chi connectivity index (χ1v) is 10.6. The summed E-state index contributed by atoms with van der Waals surface area (Å²) in [6.07, 6.45) is 1.59. The van der Waals surface area contributed by atoms with Crippen LogP contribution in [0.5, 0.6) is 0 Å². The fourth-order valence-corrected chi connectivity index (χ4v) is 3.44. The summed E-state index contributed by atoms with van der Waals surface area (Å²) in [5, 5.41) is 3.78. The molecule has 0 atom stereocenters. The number of H-pyrrole nitrogens is 1. The van der Waals surface area contributed by atoms with Gasteiger partial charge in [0.2, 0.25) is 5.91 Å². The van der Waals surface area contributed by atoms with E-state index in [9.17, 15) is 14.4 Å². The average Bonchev–Trinajstić information content (AvgIpc) is 2.76. The molecule has 8 heteroatoms. The van der Waals surface area contributed by atoms with Gasteiger partial charge in [-0.1, -0.05) is 36.7 Å². The zero-order valence-electron chi connectivity index (χ0n) is 17.4. The molecule has 0 aliphatic rings. The second-order valence-electron chi connectivity index (χ2n) is 7.21. The minimum Gasteiger partial charge on any atom is -0.352 e. The van der Waals surface area contributed by atoms with Gasteiger partial charge < -0.3 is 15.2 Å². The van der Waals surface area contributed by atoms with E-state index in [0.29, 0.717) is 53.2 Å². The van der Waals surface area contributed by atoms with Crippen LogP contribution in [0.25, 0.3) is 10.9 Å². The number of halogens is 1. The van der Waals surface area contributed by atoms with Crippen molar-refractivity contribution in [3.8, 4) is 0 Å². The molecule has 0 spiro atoms. The molecular formula is C23H25ClN4O3. The summed E-state index contributed by atoms with van der Waals surface area (Å²) >= 11 is 6.01. The molecule has 3 rings (SSSR count). The third kappa shape index (κ3) is 6.15. The number of rotatable bonds is 9. The lowest BCUT2D eigenvalue weighted by molar-refractivity contribution is -0.132. The number of nitrogens with zero attached hydrogens (tertiary/aromatic N) is 2. The molecule has 3 aromatic rings. The SMILES string of the molecule is CCCN(Cc1nc2cc(Cl)ccc2c(=O)[nH]1)C(=O)CCCNC(=O)c1ccccc1. The van der Waals surface area contributed by atoms with Crippen LogP contribution in [0.3, 0.4) is 0 Å². The van der Waals surface area contributed by atoms with Gasteiger partial charge in [-0.05, 0) is 43.2 Å². The van der Waals surface area contributed by atoms with Crippen molar-refractivity contribution in [2.45, 2.75) is 32.7 Å². The highest BCUT2D eigenvalue weighted by Gasteiger charge is 2.15. The van der Waals surface area contributed by atoms with Gasteiger partial charge in [0.05, 0.1) is 17.4 Å². The number of nitrogens with one attached hydrogen (secondary N) is 2. The Hall–Kier alpha value is -3.19. The monoisotopic (exact) mass is 440 g/mol. The van der Waals surface area contributed by atoms with Crippen LogP contribution in [0.4, 0.5) is 0 Å². The van der Waals surface area contributed by atoms with Crippen molar-refractivity contribution >= 4 is 34.3 Å². The molecule has 0 saturated heterocycles. The van der Waals surface area contributed by atoms with Gasteiger partial charge in [0.25, 0.3) is 11.5 Å². The molecule has 0 aliphatic heterocycles. The normalized spacial score (nSPS) is 10.8. The highest BCUT2D eigenvalue weighted by molar-refractivity contribution is 6.31. The van der Waals surface area contributed by atoms with Crippen molar-refractivity contribution in [2.75, 3.05) is 13.1 Å². The number of carbonyl (C=O) groups is 2. The summed E-state index contributed by atoms with van der Waals surface area (Å²) in [6.45, 7) is 3.15. The van der Waals surface area contributed by atoms with Gasteiger partial charge in [-0.2, -0.15) is 0 Å². The Balaban J connectivity index is 1.58. The predicted molar refractivity (Wildman–Crippen MR) is 121 cm³/mol. The number of fused-ring (bicyclic) bond motifs is 1. The van der Waals surface area contributed by atoms with E-state index in [4.69, 9.17) is 11.6 Å². The Kier molecular flexibility index (Phi) is 7.78. The molecule has 0 unspecified atom stereocenters. The van der Waals surface area contributed by atoms with Crippen LogP contribution in [-0.2, 0) is 11.3 Å². The third-order valence-electron chi connectivity index (χ3n) is 4.79. The molecule has 1 heterocycles. The lowest BCUT2D eigenvalue weighted by Crippen LogP contribution is -2.33. The van der Waals surface area contributed by atoms with Crippen LogP contribution in [0.1, 0.15) is 42.4 Å². The van der Waals surface area contributed by atoms with Crippen molar-refractivity contribution in [1.82, 2.24) is 20.2 Å². The number of aromatic amines is 1. The lowest BCUT2D eigenvalue weighted by Gasteiger charge is -2.22. The fraction of sp³-hybridized carbons (Fsp3) is 0.304. The third-order valence-corrected chi connectivity index (χ3v) is 5.03. The molecule has 2 aromatic carbocycles. The number of hydrogen-bond acceptors (Lipinski definition) is 4. The molecule has 31 heavy (non-hydrogen) atoms. The molecule has 162 valence electrons. The number of carbonyl (C=O) groups excluding carboxylic acids is 2. The Morgan fingerprint density at radius 2 is 1.94 bits per heavy atom. The minimum absolute atomic E-state index is 0.0512. The molecule has 0 aliphatic carbocycles. The molecule has 2 amide bonds. The van der Waals surface area contributed by atoms with E-state index >= 15 is 0 Å². The smallest absolute Gasteiger partial charge is 0.258 e. The van der Waals surface area contributed by atoms with E-state index < -0.39 is 0 Å². The van der Waals surface area contributed by atoms with E-state index in [1.807, 2.05) is 13.0 Å². The summed E-state index contributed by atoms with van der Waals surface area (Å²) in [7, 11) is 0. The van der Waals surface area contributed by atoms with Crippen molar-refractivity contribution in [3.05, 3.63) is 75.3 Å². The van der Waals surface area contributed by atoms with Crippen LogP contribution in [0, 0.1) is 0 Å². The Morgan fingerprint density at radius 3 is 2.68 bits per heavy atom. The quantitative estimate of drug-likeness (QED) is 0.497. The van der Waals surface area contributed by atoms with Crippen LogP contribution < -0.4 is 10.9 Å². The van der Waals surface area contributed by atoms with Crippen LogP contribution in [-0.4, -0.2) is 39.8 Å². The zero-order chi connectivity index (χ0) is 22.2. The fourth-order valence-electron chi connectivity index (χ4n) is 3.27. The summed E-state index contributed by atoms with van der Waals surface area (Å²) in [5.74, 6) is 0.207. The summed E-state index contributed by atoms with van der Waals surface area (Å²) in [5.41, 5.74) is 0.829. The molecule has 1 aromatic heterocycles. The first-order valence-electron chi connectivity index (χ1n) is 10.3. The van der Waals surface area contributed by atoms with Crippen molar-refractivity contribution in [3.63, 3.8) is 0 Å². The first-order chi connectivity index (χ1) is 15.0. The predicted octanol–water partition coefficient (Wildman–Crippen LogP) is 3.53. The van der Waals surface area contributed by atoms with Gasteiger partial charge in [-0.15, -0.1) is 0 Å². The van der Waals surface area contributed by atoms with Crippen LogP contribution >= 0.6 is 11.6 Å². The standard InChI is InChI=1S/C23H25ClN4O3/c1-2-13-28(15-20-26-19-14-17(24)10-11-18(19)23(31)27-20)21(29)9-6-12-25-22(30)16-7-4-3-5-8-16/h3-5,7-8,10-11,14H,2,6,9,12-13,15H2,1H3,(H,25,30)(H,26,27,31). The van der Waals surface area contributed by atoms with E-state index in [1.54, 1.807) is 47.4 Å². The topological polar surface area (TPSA) is 95.2 Å². The maximum atomic E-state index is 12.7. The average molecular weight is 441 g/mol. The van der Waals surface area contributed by atoms with E-state index in [0.717, 1.165) is 6.42 Å². The van der Waals surface area contributed by atoms with Crippen molar-refractivity contribution in [1.29, 1.82) is 0 Å². The highest BCUT2D eigenvalue weighted by atomic mass is 35.5. The summed E-state index contributed by atoms with van der Waals surface area (Å²) in [6, 6.07) is 13.9. The number of amides is 2. The van der Waals surface area contributed by atoms with Crippen molar-refractivity contribution in [2.24, 2.45) is 0 Å². The van der Waals surface area contributed by atoms with E-state index in [-0.39, 0.29) is 23.9 Å². The first kappa shape index (κ1) is 22.5. The second-order valence-corrected chi connectivity index (χ2v) is 7.65. The Bertz CT molecular complexity index is 1110. The van der Waals surface area contributed by atoms with Gasteiger partial charge >= 0.3 is 0 Å². The molecule has 0 radical (unpaired) electrons. The summed E-state index contributed by atoms with van der Waals surface area (Å²) in [4.78, 5) is 46.0. The number of hydrogen-bond donors (Lipinski definition) is 2. The van der Waals surface area contributed by atoms with Crippen LogP contribution in [0.15, 0.2) is 53.3 Å². The molecule has 0 bridgehead atoms. The largest absolute Gasteiger partial charge is 0.352 e. The molecular weight excluding hydrogens is 416 g/mol. The van der Waals surface area contributed by atoms with Gasteiger partial charge in [0.1, 0.15) is 5.82 Å². The lowest BCUT2D eigenvalue weighted by atomic mass is 10.2. The maximum Gasteiger partial charge on any atom is 0.258 e. The second kappa shape index (κ2) is 10.7. The van der Waals surface area contributed by atoms with Crippen LogP contribution in [0.2, 0.25) is 5.02 Å². The van der Waals surface area contributed by atoms with Crippen molar-refractivity contribution < 1.29 is 9.59 Å². The zero-order valence-corrected chi connectivity index (χ0v) is 18.1.